The van der Waals surface area contributed by atoms with Crippen LogP contribution < -0.4 is 0 Å². The summed E-state index contributed by atoms with van der Waals surface area (Å²) in [4.78, 5) is 1.35. The molecule has 0 radical (unpaired) electrons. The van der Waals surface area contributed by atoms with Gasteiger partial charge in [-0.25, -0.2) is 0 Å². The van der Waals surface area contributed by atoms with Crippen molar-refractivity contribution in [2.45, 2.75) is 29.9 Å². The summed E-state index contributed by atoms with van der Waals surface area (Å²) in [6, 6.07) is 15.1. The van der Waals surface area contributed by atoms with E-state index in [0.717, 1.165) is 11.3 Å². The van der Waals surface area contributed by atoms with Crippen LogP contribution in [-0.2, 0) is 18.6 Å². The molecule has 2 aromatic carbocycles. The van der Waals surface area contributed by atoms with Crippen LogP contribution in [0.3, 0.4) is 0 Å². The van der Waals surface area contributed by atoms with E-state index in [1.54, 1.807) is 0 Å². The Bertz CT molecular complexity index is 694. The third-order valence-electron chi connectivity index (χ3n) is 3.71. The van der Waals surface area contributed by atoms with Crippen molar-refractivity contribution in [3.05, 3.63) is 64.7 Å². The molecule has 0 spiro atoms. The Morgan fingerprint density at radius 1 is 1.05 bits per heavy atom. The first-order chi connectivity index (χ1) is 10.3. The predicted octanol–water partition coefficient (Wildman–Crippen LogP) is 3.81. The minimum absolute atomic E-state index is 0.0892. The summed E-state index contributed by atoms with van der Waals surface area (Å²) in [5.41, 5.74) is 5.30. The van der Waals surface area contributed by atoms with Crippen LogP contribution in [0, 0.1) is 11.8 Å². The molecule has 0 aliphatic heterocycles. The molecule has 1 N–H and O–H groups in total. The second kappa shape index (κ2) is 6.85. The average Bonchev–Trinajstić information content (AvgIpc) is 2.99. The van der Waals surface area contributed by atoms with Gasteiger partial charge in [-0.3, -0.25) is 0 Å². The Morgan fingerprint density at radius 2 is 1.95 bits per heavy atom. The highest BCUT2D eigenvalue weighted by molar-refractivity contribution is 7.98. The Hall–Kier alpha value is -1.69. The van der Waals surface area contributed by atoms with Crippen LogP contribution >= 0.6 is 11.8 Å². The van der Waals surface area contributed by atoms with Crippen LogP contribution in [0.15, 0.2) is 47.4 Å². The first-order valence-electron chi connectivity index (χ1n) is 7.28. The van der Waals surface area contributed by atoms with Crippen LogP contribution in [0.2, 0.25) is 0 Å². The Labute approximate surface area is 130 Å². The summed E-state index contributed by atoms with van der Waals surface area (Å²) < 4.78 is 0. The summed E-state index contributed by atoms with van der Waals surface area (Å²) in [5.74, 6) is 6.60. The number of fused-ring (bicyclic) bond motifs is 1. The van der Waals surface area contributed by atoms with E-state index in [0.29, 0.717) is 0 Å². The fourth-order valence-corrected chi connectivity index (χ4v) is 3.59. The van der Waals surface area contributed by atoms with Crippen LogP contribution in [0.1, 0.15) is 28.7 Å². The predicted molar refractivity (Wildman–Crippen MR) is 88.4 cm³/mol. The lowest BCUT2D eigenvalue weighted by molar-refractivity contribution is 0.350. The fraction of sp³-hybridized carbons (Fsp3) is 0.263. The van der Waals surface area contributed by atoms with E-state index < -0.39 is 0 Å². The number of hydrogen-bond acceptors (Lipinski definition) is 2. The molecule has 1 nitrogen and oxygen atoms in total. The molecule has 106 valence electrons. The largest absolute Gasteiger partial charge is 0.384 e. The highest BCUT2D eigenvalue weighted by Gasteiger charge is 2.10. The SMILES string of the molecule is OCC#Cc1cccc(CSc2ccc3c(c2)CCC3)c1. The second-order valence-corrected chi connectivity index (χ2v) is 6.28. The quantitative estimate of drug-likeness (QED) is 0.686. The maximum atomic E-state index is 8.75. The molecule has 0 fully saturated rings. The molecular weight excluding hydrogens is 276 g/mol. The molecule has 0 unspecified atom stereocenters. The molecule has 0 amide bonds. The number of aryl methyl sites for hydroxylation is 2. The van der Waals surface area contributed by atoms with Crippen molar-refractivity contribution in [3.8, 4) is 11.8 Å². The fourth-order valence-electron chi connectivity index (χ4n) is 2.69. The number of rotatable bonds is 3. The van der Waals surface area contributed by atoms with Gasteiger partial charge >= 0.3 is 0 Å². The number of aliphatic hydroxyl groups is 1. The molecule has 2 aromatic rings. The van der Waals surface area contributed by atoms with Crippen LogP contribution in [0.5, 0.6) is 0 Å². The van der Waals surface area contributed by atoms with Gasteiger partial charge in [0.05, 0.1) is 0 Å². The third kappa shape index (κ3) is 3.69. The molecule has 0 saturated heterocycles. The number of aliphatic hydroxyl groups excluding tert-OH is 1. The van der Waals surface area contributed by atoms with Crippen LogP contribution in [0.4, 0.5) is 0 Å². The van der Waals surface area contributed by atoms with Crippen molar-refractivity contribution in [1.29, 1.82) is 0 Å². The van der Waals surface area contributed by atoms with Crippen LogP contribution in [0.25, 0.3) is 0 Å². The van der Waals surface area contributed by atoms with E-state index in [-0.39, 0.29) is 6.61 Å². The second-order valence-electron chi connectivity index (χ2n) is 5.23. The zero-order valence-corrected chi connectivity index (χ0v) is 12.7. The van der Waals surface area contributed by atoms with Gasteiger partial charge in [-0.1, -0.05) is 30.0 Å². The van der Waals surface area contributed by atoms with Gasteiger partial charge in [-0.2, -0.15) is 0 Å². The van der Waals surface area contributed by atoms with E-state index in [2.05, 4.69) is 42.2 Å². The molecule has 0 heterocycles. The summed E-state index contributed by atoms with van der Waals surface area (Å²) in [6.45, 7) is -0.0892. The van der Waals surface area contributed by atoms with Gasteiger partial charge < -0.3 is 5.11 Å². The molecule has 21 heavy (non-hydrogen) atoms. The van der Waals surface area contributed by atoms with Crippen LogP contribution in [-0.4, -0.2) is 11.7 Å². The van der Waals surface area contributed by atoms with E-state index in [4.69, 9.17) is 5.11 Å². The minimum atomic E-state index is -0.0892. The first kappa shape index (κ1) is 14.3. The van der Waals surface area contributed by atoms with E-state index in [9.17, 15) is 0 Å². The molecule has 0 saturated carbocycles. The zero-order chi connectivity index (χ0) is 14.5. The summed E-state index contributed by atoms with van der Waals surface area (Å²) in [7, 11) is 0. The van der Waals surface area contributed by atoms with Gasteiger partial charge in [-0.15, -0.1) is 11.8 Å². The van der Waals surface area contributed by atoms with Crippen molar-refractivity contribution in [3.63, 3.8) is 0 Å². The number of hydrogen-bond donors (Lipinski definition) is 1. The Kier molecular flexibility index (Phi) is 4.65. The molecule has 0 bridgehead atoms. The maximum absolute atomic E-state index is 8.75. The zero-order valence-electron chi connectivity index (χ0n) is 11.9. The molecular formula is C19H18OS. The van der Waals surface area contributed by atoms with Crippen molar-refractivity contribution in [2.24, 2.45) is 0 Å². The van der Waals surface area contributed by atoms with Gasteiger partial charge in [0.2, 0.25) is 0 Å². The lowest BCUT2D eigenvalue weighted by atomic mass is 10.1. The van der Waals surface area contributed by atoms with Crippen molar-refractivity contribution in [2.75, 3.05) is 6.61 Å². The molecule has 1 aliphatic carbocycles. The third-order valence-corrected chi connectivity index (χ3v) is 4.78. The average molecular weight is 294 g/mol. The van der Waals surface area contributed by atoms with E-state index in [1.165, 1.54) is 40.8 Å². The summed E-state index contributed by atoms with van der Waals surface area (Å²) in [5, 5.41) is 8.75. The van der Waals surface area contributed by atoms with Crippen molar-refractivity contribution < 1.29 is 5.11 Å². The highest BCUT2D eigenvalue weighted by atomic mass is 32.2. The standard InChI is InChI=1S/C19H18OS/c20-11-3-6-15-4-1-5-16(12-15)14-21-19-10-9-17-7-2-8-18(17)13-19/h1,4-5,9-10,12-13,20H,2,7-8,11,14H2. The number of thioether (sulfide) groups is 1. The van der Waals surface area contributed by atoms with Gasteiger partial charge in [0.15, 0.2) is 0 Å². The minimum Gasteiger partial charge on any atom is -0.384 e. The lowest BCUT2D eigenvalue weighted by Gasteiger charge is -2.05. The highest BCUT2D eigenvalue weighted by Crippen LogP contribution is 2.29. The van der Waals surface area contributed by atoms with Gasteiger partial charge in [0.1, 0.15) is 6.61 Å². The molecule has 2 heteroatoms. The molecule has 1 aliphatic rings. The topological polar surface area (TPSA) is 20.2 Å². The molecule has 0 aromatic heterocycles. The van der Waals surface area contributed by atoms with Gasteiger partial charge in [-0.05, 0) is 60.2 Å². The van der Waals surface area contributed by atoms with Gasteiger partial charge in [0.25, 0.3) is 0 Å². The number of benzene rings is 2. The van der Waals surface area contributed by atoms with Crippen molar-refractivity contribution >= 4 is 11.8 Å². The van der Waals surface area contributed by atoms with E-state index in [1.807, 2.05) is 23.9 Å². The first-order valence-corrected chi connectivity index (χ1v) is 8.27. The Balaban J connectivity index is 1.67. The maximum Gasteiger partial charge on any atom is 0.104 e. The lowest BCUT2D eigenvalue weighted by Crippen LogP contribution is -1.86. The smallest absolute Gasteiger partial charge is 0.104 e. The monoisotopic (exact) mass is 294 g/mol. The Morgan fingerprint density at radius 3 is 2.86 bits per heavy atom. The molecule has 3 rings (SSSR count). The normalized spacial score (nSPS) is 12.6. The van der Waals surface area contributed by atoms with Gasteiger partial charge in [0, 0.05) is 16.2 Å². The summed E-state index contributed by atoms with van der Waals surface area (Å²) in [6.07, 6.45) is 3.77. The summed E-state index contributed by atoms with van der Waals surface area (Å²) >= 11 is 1.87. The van der Waals surface area contributed by atoms with Crippen molar-refractivity contribution in [1.82, 2.24) is 0 Å². The van der Waals surface area contributed by atoms with E-state index >= 15 is 0 Å². The molecule has 0 atom stereocenters.